The van der Waals surface area contributed by atoms with E-state index >= 15 is 0 Å². The third-order valence-corrected chi connectivity index (χ3v) is 3.83. The van der Waals surface area contributed by atoms with Gasteiger partial charge in [0.1, 0.15) is 17.6 Å². The number of carboxylic acids is 1. The van der Waals surface area contributed by atoms with Crippen LogP contribution in [0.4, 0.5) is 4.39 Å². The minimum Gasteiger partial charge on any atom is -0.480 e. The second kappa shape index (κ2) is 7.87. The Morgan fingerprint density at radius 1 is 1.28 bits per heavy atom. The van der Waals surface area contributed by atoms with Crippen LogP contribution >= 0.6 is 0 Å². The predicted molar refractivity (Wildman–Crippen MR) is 88.0 cm³/mol. The van der Waals surface area contributed by atoms with Crippen molar-refractivity contribution in [2.45, 2.75) is 39.3 Å². The van der Waals surface area contributed by atoms with Gasteiger partial charge in [0.05, 0.1) is 6.54 Å². The summed E-state index contributed by atoms with van der Waals surface area (Å²) in [7, 11) is 0. The Morgan fingerprint density at radius 3 is 2.48 bits per heavy atom. The molecule has 0 bridgehead atoms. The molecule has 7 nitrogen and oxygen atoms in total. The Balaban J connectivity index is 2.12. The van der Waals surface area contributed by atoms with E-state index in [9.17, 15) is 18.8 Å². The van der Waals surface area contributed by atoms with Crippen LogP contribution in [0, 0.1) is 11.7 Å². The van der Waals surface area contributed by atoms with Crippen molar-refractivity contribution in [1.82, 2.24) is 10.3 Å². The lowest BCUT2D eigenvalue weighted by atomic mass is 10.0. The molecule has 2 N–H and O–H groups in total. The number of rotatable bonds is 6. The second-order valence-electron chi connectivity index (χ2n) is 6.16. The van der Waals surface area contributed by atoms with Crippen molar-refractivity contribution >= 4 is 23.5 Å². The average Bonchev–Trinajstić information content (AvgIpc) is 2.55. The van der Waals surface area contributed by atoms with Gasteiger partial charge >= 0.3 is 5.97 Å². The quantitative estimate of drug-likeness (QED) is 0.813. The molecule has 2 amide bonds. The minimum atomic E-state index is -1.13. The standard InChI is InChI=1S/C17H20FN3O4/c1-10(2)15(17(24)25)19-16(23)13-7-8-14(22)21(20-13)9-11-3-5-12(18)6-4-11/h3-6,10,15H,7-9H2,1-2H3,(H,19,23)(H,24,25). The summed E-state index contributed by atoms with van der Waals surface area (Å²) in [6, 6.07) is 4.60. The Morgan fingerprint density at radius 2 is 1.92 bits per heavy atom. The first-order valence-corrected chi connectivity index (χ1v) is 7.94. The highest BCUT2D eigenvalue weighted by atomic mass is 19.1. The molecule has 0 aliphatic carbocycles. The number of aliphatic carboxylic acids is 1. The van der Waals surface area contributed by atoms with Gasteiger partial charge in [0.2, 0.25) is 5.91 Å². The van der Waals surface area contributed by atoms with E-state index < -0.39 is 17.9 Å². The van der Waals surface area contributed by atoms with Crippen molar-refractivity contribution in [1.29, 1.82) is 0 Å². The summed E-state index contributed by atoms with van der Waals surface area (Å²) in [6.07, 6.45) is 0.252. The van der Waals surface area contributed by atoms with Gasteiger partial charge in [-0.3, -0.25) is 9.59 Å². The molecule has 0 radical (unpaired) electrons. The molecule has 134 valence electrons. The number of halogens is 1. The van der Waals surface area contributed by atoms with Crippen LogP contribution in [0.2, 0.25) is 0 Å². The number of carbonyl (C=O) groups excluding carboxylic acids is 2. The van der Waals surface area contributed by atoms with Crippen LogP contribution in [0.25, 0.3) is 0 Å². The second-order valence-corrected chi connectivity index (χ2v) is 6.16. The summed E-state index contributed by atoms with van der Waals surface area (Å²) in [6.45, 7) is 3.49. The van der Waals surface area contributed by atoms with Gasteiger partial charge in [-0.15, -0.1) is 0 Å². The fraction of sp³-hybridized carbons (Fsp3) is 0.412. The largest absolute Gasteiger partial charge is 0.480 e. The van der Waals surface area contributed by atoms with E-state index in [4.69, 9.17) is 5.11 Å². The maximum atomic E-state index is 13.0. The zero-order valence-electron chi connectivity index (χ0n) is 14.0. The van der Waals surface area contributed by atoms with E-state index in [2.05, 4.69) is 10.4 Å². The fourth-order valence-electron chi connectivity index (χ4n) is 2.39. The SMILES string of the molecule is CC(C)C(NC(=O)C1=NN(Cc2ccc(F)cc2)C(=O)CC1)C(=O)O. The molecular formula is C17H20FN3O4. The Labute approximate surface area is 144 Å². The molecule has 1 aromatic carbocycles. The Hall–Kier alpha value is -2.77. The van der Waals surface area contributed by atoms with E-state index in [1.807, 2.05) is 0 Å². The van der Waals surface area contributed by atoms with Gasteiger partial charge in [-0.05, 0) is 23.6 Å². The number of benzene rings is 1. The smallest absolute Gasteiger partial charge is 0.326 e. The molecular weight excluding hydrogens is 329 g/mol. The predicted octanol–water partition coefficient (Wildman–Crippen LogP) is 1.53. The zero-order chi connectivity index (χ0) is 18.6. The molecule has 25 heavy (non-hydrogen) atoms. The van der Waals surface area contributed by atoms with Crippen LogP contribution in [-0.2, 0) is 20.9 Å². The van der Waals surface area contributed by atoms with E-state index in [0.29, 0.717) is 5.56 Å². The topological polar surface area (TPSA) is 99.1 Å². The van der Waals surface area contributed by atoms with E-state index in [1.54, 1.807) is 13.8 Å². The van der Waals surface area contributed by atoms with Crippen LogP contribution < -0.4 is 5.32 Å². The number of carbonyl (C=O) groups is 3. The van der Waals surface area contributed by atoms with Gasteiger partial charge in [0, 0.05) is 12.8 Å². The van der Waals surface area contributed by atoms with E-state index in [0.717, 1.165) is 5.01 Å². The third-order valence-electron chi connectivity index (χ3n) is 3.83. The van der Waals surface area contributed by atoms with Crippen molar-refractivity contribution < 1.29 is 23.9 Å². The molecule has 1 unspecified atom stereocenters. The molecule has 8 heteroatoms. The normalized spacial score (nSPS) is 15.8. The molecule has 0 spiro atoms. The number of nitrogens with one attached hydrogen (secondary N) is 1. The number of amides is 2. The molecule has 1 aromatic rings. The van der Waals surface area contributed by atoms with Crippen LogP contribution in [0.3, 0.4) is 0 Å². The monoisotopic (exact) mass is 349 g/mol. The van der Waals surface area contributed by atoms with Gasteiger partial charge in [-0.1, -0.05) is 26.0 Å². The maximum Gasteiger partial charge on any atom is 0.326 e. The van der Waals surface area contributed by atoms with Gasteiger partial charge in [-0.25, -0.2) is 14.2 Å². The average molecular weight is 349 g/mol. The number of hydrogen-bond acceptors (Lipinski definition) is 4. The van der Waals surface area contributed by atoms with Crippen molar-refractivity contribution in [3.8, 4) is 0 Å². The van der Waals surface area contributed by atoms with Gasteiger partial charge < -0.3 is 10.4 Å². The summed E-state index contributed by atoms with van der Waals surface area (Å²) in [5.74, 6) is -2.65. The van der Waals surface area contributed by atoms with Crippen molar-refractivity contribution in [2.75, 3.05) is 0 Å². The Kier molecular flexibility index (Phi) is 5.84. The van der Waals surface area contributed by atoms with E-state index in [-0.39, 0.29) is 42.7 Å². The maximum absolute atomic E-state index is 13.0. The molecule has 1 aliphatic heterocycles. The van der Waals surface area contributed by atoms with Crippen LogP contribution in [-0.4, -0.2) is 39.7 Å². The number of nitrogens with zero attached hydrogens (tertiary/aromatic N) is 2. The molecule has 1 atom stereocenters. The Bertz CT molecular complexity index is 700. The number of hydrazone groups is 1. The van der Waals surface area contributed by atoms with E-state index in [1.165, 1.54) is 24.3 Å². The van der Waals surface area contributed by atoms with Crippen LogP contribution in [0.5, 0.6) is 0 Å². The molecule has 0 saturated carbocycles. The number of carboxylic acid groups (broad SMARTS) is 1. The summed E-state index contributed by atoms with van der Waals surface area (Å²) in [5, 5.41) is 16.8. The summed E-state index contributed by atoms with van der Waals surface area (Å²) >= 11 is 0. The van der Waals surface area contributed by atoms with Gasteiger partial charge in [0.25, 0.3) is 5.91 Å². The lowest BCUT2D eigenvalue weighted by Gasteiger charge is -2.24. The molecule has 1 aliphatic rings. The first-order chi connectivity index (χ1) is 11.8. The molecule has 0 saturated heterocycles. The molecule has 1 heterocycles. The van der Waals surface area contributed by atoms with Crippen molar-refractivity contribution in [2.24, 2.45) is 11.0 Å². The summed E-state index contributed by atoms with van der Waals surface area (Å²) in [4.78, 5) is 35.5. The fourth-order valence-corrected chi connectivity index (χ4v) is 2.39. The highest BCUT2D eigenvalue weighted by Crippen LogP contribution is 2.15. The van der Waals surface area contributed by atoms with Gasteiger partial charge in [0.15, 0.2) is 0 Å². The number of hydrogen-bond donors (Lipinski definition) is 2. The molecule has 0 aromatic heterocycles. The van der Waals surface area contributed by atoms with Crippen molar-refractivity contribution in [3.63, 3.8) is 0 Å². The van der Waals surface area contributed by atoms with Gasteiger partial charge in [-0.2, -0.15) is 5.10 Å². The highest BCUT2D eigenvalue weighted by molar-refractivity contribution is 6.39. The highest BCUT2D eigenvalue weighted by Gasteiger charge is 2.29. The lowest BCUT2D eigenvalue weighted by molar-refractivity contribution is -0.142. The lowest BCUT2D eigenvalue weighted by Crippen LogP contribution is -2.48. The third kappa shape index (κ3) is 4.85. The zero-order valence-corrected chi connectivity index (χ0v) is 14.0. The van der Waals surface area contributed by atoms with Crippen molar-refractivity contribution in [3.05, 3.63) is 35.6 Å². The van der Waals surface area contributed by atoms with Crippen LogP contribution in [0.1, 0.15) is 32.3 Å². The van der Waals surface area contributed by atoms with Crippen LogP contribution in [0.15, 0.2) is 29.4 Å². The minimum absolute atomic E-state index is 0.104. The first kappa shape index (κ1) is 18.6. The molecule has 2 rings (SSSR count). The first-order valence-electron chi connectivity index (χ1n) is 7.94. The summed E-state index contributed by atoms with van der Waals surface area (Å²) < 4.78 is 13.0. The summed E-state index contributed by atoms with van der Waals surface area (Å²) in [5.41, 5.74) is 0.777. The molecule has 0 fully saturated rings.